The highest BCUT2D eigenvalue weighted by atomic mass is 19.3. The van der Waals surface area contributed by atoms with Gasteiger partial charge in [-0.05, 0) is 0 Å². The lowest BCUT2D eigenvalue weighted by Crippen LogP contribution is -2.38. The third-order valence-corrected chi connectivity index (χ3v) is 1.71. The van der Waals surface area contributed by atoms with E-state index in [0.717, 1.165) is 0 Å². The second kappa shape index (κ2) is 4.35. The van der Waals surface area contributed by atoms with Gasteiger partial charge in [0, 0.05) is 13.2 Å². The zero-order valence-electron chi connectivity index (χ0n) is 8.07. The third-order valence-electron chi connectivity index (χ3n) is 1.71. The van der Waals surface area contributed by atoms with Gasteiger partial charge in [0.15, 0.2) is 0 Å². The van der Waals surface area contributed by atoms with Crippen LogP contribution in [-0.4, -0.2) is 39.9 Å². The molecule has 0 saturated heterocycles. The molecule has 1 aromatic rings. The van der Waals surface area contributed by atoms with Crippen LogP contribution in [0.4, 0.5) is 8.78 Å². The van der Waals surface area contributed by atoms with Crippen LogP contribution in [-0.2, 0) is 7.05 Å². The summed E-state index contributed by atoms with van der Waals surface area (Å²) in [5.41, 5.74) is 0.200. The molecule has 0 aliphatic heterocycles. The van der Waals surface area contributed by atoms with Crippen molar-refractivity contribution >= 4 is 5.91 Å². The Balaban J connectivity index is 2.50. The molecule has 15 heavy (non-hydrogen) atoms. The molecular formula is C8H11F2N3O2. The summed E-state index contributed by atoms with van der Waals surface area (Å²) in [4.78, 5) is 11.2. The highest BCUT2D eigenvalue weighted by Crippen LogP contribution is 2.10. The minimum absolute atomic E-state index is 0.200. The third kappa shape index (κ3) is 3.28. The molecule has 1 amide bonds. The Morgan fingerprint density at radius 3 is 2.87 bits per heavy atom. The molecule has 0 aromatic carbocycles. The first-order chi connectivity index (χ1) is 6.94. The van der Waals surface area contributed by atoms with Crippen molar-refractivity contribution in [1.82, 2.24) is 15.1 Å². The number of carbonyl (C=O) groups excluding carboxylic acids is 1. The lowest BCUT2D eigenvalue weighted by molar-refractivity contribution is -0.0462. The Morgan fingerprint density at radius 1 is 1.73 bits per heavy atom. The number of aliphatic hydroxyl groups is 1. The summed E-state index contributed by atoms with van der Waals surface area (Å²) < 4.78 is 26.5. The van der Waals surface area contributed by atoms with Gasteiger partial charge in [-0.25, -0.2) is 8.78 Å². The van der Waals surface area contributed by atoms with Gasteiger partial charge in [0.2, 0.25) is 0 Å². The number of rotatable bonds is 4. The fourth-order valence-electron chi connectivity index (χ4n) is 0.906. The number of aryl methyl sites for hydroxylation is 1. The van der Waals surface area contributed by atoms with Crippen molar-refractivity contribution in [2.24, 2.45) is 7.05 Å². The lowest BCUT2D eigenvalue weighted by Gasteiger charge is -2.13. The average molecular weight is 219 g/mol. The Hall–Kier alpha value is -1.50. The molecule has 0 unspecified atom stereocenters. The largest absolute Gasteiger partial charge is 0.390 e. The Morgan fingerprint density at radius 2 is 2.40 bits per heavy atom. The van der Waals surface area contributed by atoms with E-state index < -0.39 is 25.0 Å². The van der Waals surface area contributed by atoms with Gasteiger partial charge in [0.25, 0.3) is 11.8 Å². The molecule has 1 aromatic heterocycles. The molecule has 0 bridgehead atoms. The predicted molar refractivity (Wildman–Crippen MR) is 47.6 cm³/mol. The van der Waals surface area contributed by atoms with E-state index in [1.807, 2.05) is 5.32 Å². The predicted octanol–water partition coefficient (Wildman–Crippen LogP) is -0.222. The van der Waals surface area contributed by atoms with Gasteiger partial charge in [-0.1, -0.05) is 0 Å². The van der Waals surface area contributed by atoms with Crippen LogP contribution in [0.1, 0.15) is 10.4 Å². The van der Waals surface area contributed by atoms with Crippen molar-refractivity contribution in [1.29, 1.82) is 0 Å². The maximum Gasteiger partial charge on any atom is 0.287 e. The topological polar surface area (TPSA) is 67.2 Å². The van der Waals surface area contributed by atoms with Crippen molar-refractivity contribution in [2.75, 3.05) is 13.2 Å². The molecule has 0 saturated carbocycles. The number of hydrogen-bond donors (Lipinski definition) is 2. The maximum atomic E-state index is 12.5. The van der Waals surface area contributed by atoms with Crippen LogP contribution >= 0.6 is 0 Å². The summed E-state index contributed by atoms with van der Waals surface area (Å²) in [7, 11) is 1.61. The minimum atomic E-state index is -3.29. The number of aliphatic hydroxyl groups excluding tert-OH is 1. The van der Waals surface area contributed by atoms with E-state index in [0.29, 0.717) is 0 Å². The monoisotopic (exact) mass is 219 g/mol. The van der Waals surface area contributed by atoms with E-state index in [2.05, 4.69) is 5.10 Å². The van der Waals surface area contributed by atoms with Crippen molar-refractivity contribution < 1.29 is 18.7 Å². The van der Waals surface area contributed by atoms with E-state index >= 15 is 0 Å². The second-order valence-electron chi connectivity index (χ2n) is 3.10. The first kappa shape index (κ1) is 11.6. The van der Waals surface area contributed by atoms with Crippen LogP contribution in [0.15, 0.2) is 12.4 Å². The SMILES string of the molecule is Cn1cc(C(=O)NCC(F)(F)CO)cn1. The lowest BCUT2D eigenvalue weighted by atomic mass is 10.3. The molecule has 0 fully saturated rings. The standard InChI is InChI=1S/C8H11F2N3O2/c1-13-3-6(2-12-13)7(15)11-4-8(9,10)5-14/h2-3,14H,4-5H2,1H3,(H,11,15). The molecule has 0 aliphatic carbocycles. The zero-order valence-corrected chi connectivity index (χ0v) is 8.07. The number of aromatic nitrogens is 2. The number of amides is 1. The van der Waals surface area contributed by atoms with Gasteiger partial charge >= 0.3 is 0 Å². The molecule has 1 rings (SSSR count). The van der Waals surface area contributed by atoms with Crippen molar-refractivity contribution in [3.05, 3.63) is 18.0 Å². The minimum Gasteiger partial charge on any atom is -0.390 e. The fraction of sp³-hybridized carbons (Fsp3) is 0.500. The number of nitrogens with zero attached hydrogens (tertiary/aromatic N) is 2. The van der Waals surface area contributed by atoms with Gasteiger partial charge in [-0.15, -0.1) is 0 Å². The highest BCUT2D eigenvalue weighted by molar-refractivity contribution is 5.93. The molecule has 1 heterocycles. The smallest absolute Gasteiger partial charge is 0.287 e. The van der Waals surface area contributed by atoms with Crippen molar-refractivity contribution in [2.45, 2.75) is 5.92 Å². The van der Waals surface area contributed by atoms with Crippen LogP contribution < -0.4 is 5.32 Å². The molecule has 5 nitrogen and oxygen atoms in total. The van der Waals surface area contributed by atoms with Crippen molar-refractivity contribution in [3.8, 4) is 0 Å². The number of nitrogens with one attached hydrogen (secondary N) is 1. The zero-order chi connectivity index (χ0) is 11.5. The van der Waals surface area contributed by atoms with Crippen LogP contribution in [0.3, 0.4) is 0 Å². The molecule has 0 atom stereocenters. The molecule has 84 valence electrons. The molecule has 0 spiro atoms. The average Bonchev–Trinajstić information content (AvgIpc) is 2.61. The Bertz CT molecular complexity index is 351. The number of carbonyl (C=O) groups is 1. The Kier molecular flexibility index (Phi) is 3.35. The molecule has 0 aliphatic rings. The molecule has 0 radical (unpaired) electrons. The second-order valence-corrected chi connectivity index (χ2v) is 3.10. The molecule has 7 heteroatoms. The van der Waals surface area contributed by atoms with E-state index in [1.54, 1.807) is 7.05 Å². The van der Waals surface area contributed by atoms with Gasteiger partial charge in [-0.2, -0.15) is 5.10 Å². The van der Waals surface area contributed by atoms with Crippen LogP contribution in [0, 0.1) is 0 Å². The van der Waals surface area contributed by atoms with E-state index in [9.17, 15) is 13.6 Å². The normalized spacial score (nSPS) is 11.5. The van der Waals surface area contributed by atoms with E-state index in [-0.39, 0.29) is 5.56 Å². The van der Waals surface area contributed by atoms with Crippen molar-refractivity contribution in [3.63, 3.8) is 0 Å². The summed E-state index contributed by atoms with van der Waals surface area (Å²) >= 11 is 0. The first-order valence-electron chi connectivity index (χ1n) is 4.20. The van der Waals surface area contributed by atoms with Crippen LogP contribution in [0.25, 0.3) is 0 Å². The highest BCUT2D eigenvalue weighted by Gasteiger charge is 2.28. The van der Waals surface area contributed by atoms with Gasteiger partial charge in [0.05, 0.1) is 18.3 Å². The number of halogens is 2. The van der Waals surface area contributed by atoms with Gasteiger partial charge in [-0.3, -0.25) is 9.48 Å². The summed E-state index contributed by atoms with van der Waals surface area (Å²) in [6.07, 6.45) is 2.68. The number of alkyl halides is 2. The summed E-state index contributed by atoms with van der Waals surface area (Å²) in [6, 6.07) is 0. The summed E-state index contributed by atoms with van der Waals surface area (Å²) in [6.45, 7) is -2.18. The van der Waals surface area contributed by atoms with Gasteiger partial charge in [0.1, 0.15) is 6.61 Å². The quantitative estimate of drug-likeness (QED) is 0.735. The van der Waals surface area contributed by atoms with E-state index in [4.69, 9.17) is 5.11 Å². The maximum absolute atomic E-state index is 12.5. The fourth-order valence-corrected chi connectivity index (χ4v) is 0.906. The van der Waals surface area contributed by atoms with Gasteiger partial charge < -0.3 is 10.4 Å². The summed E-state index contributed by atoms with van der Waals surface area (Å²) in [5, 5.41) is 14.0. The molecular weight excluding hydrogens is 208 g/mol. The van der Waals surface area contributed by atoms with Crippen LogP contribution in [0.2, 0.25) is 0 Å². The number of hydrogen-bond acceptors (Lipinski definition) is 3. The Labute approximate surface area is 84.7 Å². The first-order valence-corrected chi connectivity index (χ1v) is 4.20. The van der Waals surface area contributed by atoms with E-state index in [1.165, 1.54) is 17.1 Å². The summed E-state index contributed by atoms with van der Waals surface area (Å²) in [5.74, 6) is -3.94. The molecule has 2 N–H and O–H groups in total. The van der Waals surface area contributed by atoms with Crippen LogP contribution in [0.5, 0.6) is 0 Å².